The molecule has 19 heavy (non-hydrogen) atoms. The molecule has 2 N–H and O–H groups in total. The topological polar surface area (TPSA) is 50.4 Å². The van der Waals surface area contributed by atoms with E-state index in [9.17, 15) is 4.79 Å². The normalized spacial score (nSPS) is 17.6. The van der Waals surface area contributed by atoms with E-state index in [1.165, 1.54) is 0 Å². The molecule has 2 rings (SSSR count). The highest BCUT2D eigenvalue weighted by atomic mass is 35.5. The van der Waals surface area contributed by atoms with Crippen LogP contribution >= 0.6 is 12.4 Å². The van der Waals surface area contributed by atoms with Gasteiger partial charge in [-0.1, -0.05) is 6.92 Å². The van der Waals surface area contributed by atoms with Gasteiger partial charge >= 0.3 is 0 Å². The summed E-state index contributed by atoms with van der Waals surface area (Å²) in [6, 6.07) is 7.47. The fourth-order valence-corrected chi connectivity index (χ4v) is 1.99. The van der Waals surface area contributed by atoms with E-state index in [2.05, 4.69) is 17.6 Å². The largest absolute Gasteiger partial charge is 0.494 e. The Labute approximate surface area is 120 Å². The number of hydrogen-bond donors (Lipinski definition) is 2. The Kier molecular flexibility index (Phi) is 6.67. The van der Waals surface area contributed by atoms with Crippen LogP contribution in [-0.4, -0.2) is 25.1 Å². The van der Waals surface area contributed by atoms with Gasteiger partial charge in [-0.2, -0.15) is 0 Å². The molecule has 1 amide bonds. The van der Waals surface area contributed by atoms with Gasteiger partial charge in [0.25, 0.3) is 0 Å². The zero-order valence-corrected chi connectivity index (χ0v) is 12.0. The van der Waals surface area contributed by atoms with Gasteiger partial charge in [-0.05, 0) is 50.1 Å². The molecule has 1 heterocycles. The summed E-state index contributed by atoms with van der Waals surface area (Å²) in [6.45, 7) is 3.72. The highest BCUT2D eigenvalue weighted by Crippen LogP contribution is 2.17. The standard InChI is InChI=1S/C14H20N2O2.ClH/c1-2-10-18-12-7-5-11(6-8-12)16-14(17)13-4-3-9-15-13;/h5-8,13,15H,2-4,9-10H2,1H3,(H,16,17);1H/t13-;/m0./s1. The third-order valence-electron chi connectivity index (χ3n) is 2.97. The molecule has 0 spiro atoms. The lowest BCUT2D eigenvalue weighted by atomic mass is 10.2. The van der Waals surface area contributed by atoms with Crippen LogP contribution in [0.4, 0.5) is 5.69 Å². The molecule has 0 bridgehead atoms. The number of ether oxygens (including phenoxy) is 1. The SMILES string of the molecule is CCCOc1ccc(NC(=O)[C@@H]2CCCN2)cc1.Cl. The first-order valence-electron chi connectivity index (χ1n) is 6.56. The molecule has 1 aromatic rings. The minimum absolute atomic E-state index is 0. The van der Waals surface area contributed by atoms with Gasteiger partial charge in [0, 0.05) is 5.69 Å². The van der Waals surface area contributed by atoms with Crippen LogP contribution in [-0.2, 0) is 4.79 Å². The number of anilines is 1. The summed E-state index contributed by atoms with van der Waals surface area (Å²) in [5.41, 5.74) is 0.817. The summed E-state index contributed by atoms with van der Waals surface area (Å²) in [5.74, 6) is 0.892. The molecule has 5 heteroatoms. The van der Waals surface area contributed by atoms with Gasteiger partial charge in [0.05, 0.1) is 12.6 Å². The molecule has 1 fully saturated rings. The van der Waals surface area contributed by atoms with E-state index in [1.807, 2.05) is 24.3 Å². The highest BCUT2D eigenvalue weighted by molar-refractivity contribution is 5.95. The van der Waals surface area contributed by atoms with Crippen molar-refractivity contribution in [2.75, 3.05) is 18.5 Å². The number of halogens is 1. The van der Waals surface area contributed by atoms with Crippen molar-refractivity contribution in [1.82, 2.24) is 5.32 Å². The second kappa shape index (κ2) is 8.02. The molecule has 4 nitrogen and oxygen atoms in total. The average molecular weight is 285 g/mol. The quantitative estimate of drug-likeness (QED) is 0.874. The Morgan fingerprint density at radius 2 is 2.16 bits per heavy atom. The van der Waals surface area contributed by atoms with Gasteiger partial charge in [0.15, 0.2) is 0 Å². The minimum atomic E-state index is -0.0407. The van der Waals surface area contributed by atoms with Gasteiger partial charge in [0.1, 0.15) is 5.75 Å². The van der Waals surface area contributed by atoms with Crippen LogP contribution in [0.2, 0.25) is 0 Å². The summed E-state index contributed by atoms with van der Waals surface area (Å²) in [4.78, 5) is 11.9. The lowest BCUT2D eigenvalue weighted by Crippen LogP contribution is -2.35. The smallest absolute Gasteiger partial charge is 0.241 e. The van der Waals surface area contributed by atoms with Gasteiger partial charge in [-0.15, -0.1) is 12.4 Å². The third-order valence-corrected chi connectivity index (χ3v) is 2.97. The van der Waals surface area contributed by atoms with E-state index in [0.29, 0.717) is 0 Å². The van der Waals surface area contributed by atoms with E-state index in [-0.39, 0.29) is 24.4 Å². The van der Waals surface area contributed by atoms with Crippen LogP contribution < -0.4 is 15.4 Å². The van der Waals surface area contributed by atoms with Crippen LogP contribution in [0.25, 0.3) is 0 Å². The van der Waals surface area contributed by atoms with Gasteiger partial charge < -0.3 is 15.4 Å². The zero-order valence-electron chi connectivity index (χ0n) is 11.1. The Bertz CT molecular complexity index is 389. The molecule has 1 atom stereocenters. The molecule has 1 aromatic carbocycles. The van der Waals surface area contributed by atoms with Crippen molar-refractivity contribution in [3.8, 4) is 5.75 Å². The number of rotatable bonds is 5. The maximum Gasteiger partial charge on any atom is 0.241 e. The first-order chi connectivity index (χ1) is 8.79. The van der Waals surface area contributed by atoms with E-state index in [0.717, 1.165) is 43.9 Å². The first-order valence-corrected chi connectivity index (χ1v) is 6.56. The lowest BCUT2D eigenvalue weighted by molar-refractivity contribution is -0.117. The third kappa shape index (κ3) is 4.73. The molecule has 1 aliphatic heterocycles. The molecular weight excluding hydrogens is 264 g/mol. The second-order valence-electron chi connectivity index (χ2n) is 4.51. The summed E-state index contributed by atoms with van der Waals surface area (Å²) in [5, 5.41) is 6.09. The summed E-state index contributed by atoms with van der Waals surface area (Å²) in [7, 11) is 0. The maximum absolute atomic E-state index is 11.9. The summed E-state index contributed by atoms with van der Waals surface area (Å²) in [6.07, 6.45) is 2.98. The molecule has 1 saturated heterocycles. The molecule has 0 unspecified atom stereocenters. The number of carbonyl (C=O) groups excluding carboxylic acids is 1. The highest BCUT2D eigenvalue weighted by Gasteiger charge is 2.21. The van der Waals surface area contributed by atoms with Crippen LogP contribution in [0, 0.1) is 0 Å². The molecule has 0 aliphatic carbocycles. The lowest BCUT2D eigenvalue weighted by Gasteiger charge is -2.11. The Morgan fingerprint density at radius 3 is 2.74 bits per heavy atom. The second-order valence-corrected chi connectivity index (χ2v) is 4.51. The van der Waals surface area contributed by atoms with Crippen molar-refractivity contribution in [3.05, 3.63) is 24.3 Å². The van der Waals surface area contributed by atoms with E-state index < -0.39 is 0 Å². The molecule has 0 saturated carbocycles. The molecular formula is C14H21ClN2O2. The fraction of sp³-hybridized carbons (Fsp3) is 0.500. The van der Waals surface area contributed by atoms with E-state index in [1.54, 1.807) is 0 Å². The molecule has 0 aromatic heterocycles. The summed E-state index contributed by atoms with van der Waals surface area (Å²) >= 11 is 0. The van der Waals surface area contributed by atoms with Gasteiger partial charge in [-0.3, -0.25) is 4.79 Å². The summed E-state index contributed by atoms with van der Waals surface area (Å²) < 4.78 is 5.49. The Balaban J connectivity index is 0.00000180. The fourth-order valence-electron chi connectivity index (χ4n) is 1.99. The van der Waals surface area contributed by atoms with Crippen molar-refractivity contribution in [1.29, 1.82) is 0 Å². The number of hydrogen-bond acceptors (Lipinski definition) is 3. The number of nitrogens with one attached hydrogen (secondary N) is 2. The molecule has 0 radical (unpaired) electrons. The number of carbonyl (C=O) groups is 1. The van der Waals surface area contributed by atoms with Crippen LogP contribution in [0.3, 0.4) is 0 Å². The predicted molar refractivity (Wildman–Crippen MR) is 79.1 cm³/mol. The van der Waals surface area contributed by atoms with Gasteiger partial charge in [0.2, 0.25) is 5.91 Å². The van der Waals surface area contributed by atoms with Gasteiger partial charge in [-0.25, -0.2) is 0 Å². The van der Waals surface area contributed by atoms with E-state index >= 15 is 0 Å². The average Bonchev–Trinajstić information content (AvgIpc) is 2.92. The monoisotopic (exact) mass is 284 g/mol. The Hall–Kier alpha value is -1.26. The van der Waals surface area contributed by atoms with Crippen molar-refractivity contribution < 1.29 is 9.53 Å². The number of amides is 1. The zero-order chi connectivity index (χ0) is 12.8. The maximum atomic E-state index is 11.9. The van der Waals surface area contributed by atoms with Crippen LogP contribution in [0.15, 0.2) is 24.3 Å². The Morgan fingerprint density at radius 1 is 1.42 bits per heavy atom. The molecule has 1 aliphatic rings. The predicted octanol–water partition coefficient (Wildman–Crippen LogP) is 2.59. The number of benzene rings is 1. The van der Waals surface area contributed by atoms with Crippen molar-refractivity contribution >= 4 is 24.0 Å². The van der Waals surface area contributed by atoms with Crippen molar-refractivity contribution in [2.45, 2.75) is 32.2 Å². The van der Waals surface area contributed by atoms with Crippen molar-refractivity contribution in [2.24, 2.45) is 0 Å². The van der Waals surface area contributed by atoms with E-state index in [4.69, 9.17) is 4.74 Å². The van der Waals surface area contributed by atoms with Crippen molar-refractivity contribution in [3.63, 3.8) is 0 Å². The minimum Gasteiger partial charge on any atom is -0.494 e. The first kappa shape index (κ1) is 15.8. The van der Waals surface area contributed by atoms with Crippen LogP contribution in [0.5, 0.6) is 5.75 Å². The van der Waals surface area contributed by atoms with Crippen LogP contribution in [0.1, 0.15) is 26.2 Å². The molecule has 106 valence electrons.